The van der Waals surface area contributed by atoms with Crippen molar-refractivity contribution in [2.75, 3.05) is 0 Å². The van der Waals surface area contributed by atoms with Crippen LogP contribution in [0.4, 0.5) is 0 Å². The fraction of sp³-hybridized carbons (Fsp3) is 0.118. The van der Waals surface area contributed by atoms with Gasteiger partial charge in [-0.15, -0.1) is 0 Å². The Morgan fingerprint density at radius 3 is 2.33 bits per heavy atom. The Labute approximate surface area is 121 Å². The van der Waals surface area contributed by atoms with E-state index < -0.39 is 5.97 Å². The van der Waals surface area contributed by atoms with Gasteiger partial charge in [-0.25, -0.2) is 4.79 Å². The molecule has 0 spiro atoms. The van der Waals surface area contributed by atoms with Crippen LogP contribution in [0.25, 0.3) is 10.9 Å². The lowest BCUT2D eigenvalue weighted by atomic mass is 10.1. The fourth-order valence-corrected chi connectivity index (χ4v) is 2.49. The lowest BCUT2D eigenvalue weighted by Gasteiger charge is -2.09. The van der Waals surface area contributed by atoms with Crippen molar-refractivity contribution >= 4 is 16.9 Å². The van der Waals surface area contributed by atoms with Gasteiger partial charge >= 0.3 is 5.97 Å². The second-order valence-electron chi connectivity index (χ2n) is 4.95. The number of aromatic nitrogens is 1. The largest absolute Gasteiger partial charge is 0.477 e. The Kier molecular flexibility index (Phi) is 3.46. The average Bonchev–Trinajstić information content (AvgIpc) is 2.87. The number of para-hydroxylation sites is 1. The second-order valence-corrected chi connectivity index (χ2v) is 4.95. The predicted molar refractivity (Wildman–Crippen MR) is 80.4 cm³/mol. The standard InChI is InChI=1S/C17H15NO3/c19-11-13-7-5-12(6-8-13)10-18-15-4-2-1-3-14(15)9-16(18)17(20)21/h1-9,19H,10-11H2,(H,20,21). The molecule has 0 atom stereocenters. The van der Waals surface area contributed by atoms with Crippen molar-refractivity contribution in [3.8, 4) is 0 Å². The molecule has 3 aromatic rings. The molecule has 2 aromatic carbocycles. The van der Waals surface area contributed by atoms with Gasteiger partial charge in [-0.2, -0.15) is 0 Å². The number of hydrogen-bond acceptors (Lipinski definition) is 2. The van der Waals surface area contributed by atoms with Crippen LogP contribution in [0.15, 0.2) is 54.6 Å². The topological polar surface area (TPSA) is 62.5 Å². The van der Waals surface area contributed by atoms with E-state index in [4.69, 9.17) is 5.11 Å². The van der Waals surface area contributed by atoms with Gasteiger partial charge in [-0.3, -0.25) is 0 Å². The molecule has 0 bridgehead atoms. The van der Waals surface area contributed by atoms with E-state index in [9.17, 15) is 9.90 Å². The van der Waals surface area contributed by atoms with Gasteiger partial charge in [-0.1, -0.05) is 42.5 Å². The van der Waals surface area contributed by atoms with Crippen molar-refractivity contribution in [2.24, 2.45) is 0 Å². The number of benzene rings is 2. The molecule has 0 aliphatic heterocycles. The van der Waals surface area contributed by atoms with Gasteiger partial charge in [0.2, 0.25) is 0 Å². The Balaban J connectivity index is 2.05. The molecule has 0 aliphatic carbocycles. The highest BCUT2D eigenvalue weighted by Crippen LogP contribution is 2.21. The van der Waals surface area contributed by atoms with Crippen molar-refractivity contribution < 1.29 is 15.0 Å². The number of aliphatic hydroxyl groups is 1. The van der Waals surface area contributed by atoms with E-state index in [1.807, 2.05) is 48.5 Å². The first kappa shape index (κ1) is 13.4. The molecule has 1 heterocycles. The summed E-state index contributed by atoms with van der Waals surface area (Å²) in [4.78, 5) is 11.4. The molecule has 0 amide bonds. The first-order valence-electron chi connectivity index (χ1n) is 6.69. The van der Waals surface area contributed by atoms with E-state index in [1.165, 1.54) is 0 Å². The number of hydrogen-bond donors (Lipinski definition) is 2. The maximum Gasteiger partial charge on any atom is 0.352 e. The molecule has 106 valence electrons. The minimum absolute atomic E-state index is 0.00705. The number of carbonyl (C=O) groups is 1. The summed E-state index contributed by atoms with van der Waals surface area (Å²) in [5, 5.41) is 19.4. The highest BCUT2D eigenvalue weighted by molar-refractivity contribution is 5.94. The fourth-order valence-electron chi connectivity index (χ4n) is 2.49. The second kappa shape index (κ2) is 5.42. The minimum atomic E-state index is -0.932. The van der Waals surface area contributed by atoms with E-state index in [-0.39, 0.29) is 12.3 Å². The van der Waals surface area contributed by atoms with Gasteiger partial charge in [0.1, 0.15) is 5.69 Å². The third-order valence-electron chi connectivity index (χ3n) is 3.58. The van der Waals surface area contributed by atoms with E-state index in [0.717, 1.165) is 22.0 Å². The third-order valence-corrected chi connectivity index (χ3v) is 3.58. The SMILES string of the molecule is O=C(O)c1cc2ccccc2n1Cc1ccc(CO)cc1. The van der Waals surface area contributed by atoms with Crippen LogP contribution in [0.3, 0.4) is 0 Å². The van der Waals surface area contributed by atoms with Crippen LogP contribution in [-0.2, 0) is 13.2 Å². The summed E-state index contributed by atoms with van der Waals surface area (Å²) >= 11 is 0. The van der Waals surface area contributed by atoms with Crippen LogP contribution in [0.5, 0.6) is 0 Å². The predicted octanol–water partition coefficient (Wildman–Crippen LogP) is 2.88. The van der Waals surface area contributed by atoms with Crippen molar-refractivity contribution in [3.05, 3.63) is 71.4 Å². The molecule has 0 unspecified atom stereocenters. The number of rotatable bonds is 4. The van der Waals surface area contributed by atoms with Crippen molar-refractivity contribution in [1.29, 1.82) is 0 Å². The molecule has 2 N–H and O–H groups in total. The Bertz CT molecular complexity index is 787. The summed E-state index contributed by atoms with van der Waals surface area (Å²) in [5.74, 6) is -0.932. The third kappa shape index (κ3) is 2.53. The molecule has 0 fully saturated rings. The van der Waals surface area contributed by atoms with Crippen molar-refractivity contribution in [2.45, 2.75) is 13.2 Å². The van der Waals surface area contributed by atoms with E-state index in [2.05, 4.69) is 0 Å². The van der Waals surface area contributed by atoms with Gasteiger partial charge < -0.3 is 14.8 Å². The smallest absolute Gasteiger partial charge is 0.352 e. The molecule has 1 aromatic heterocycles. The summed E-state index contributed by atoms with van der Waals surface area (Å²) in [6, 6.07) is 16.8. The van der Waals surface area contributed by atoms with E-state index >= 15 is 0 Å². The molecule has 3 rings (SSSR count). The monoisotopic (exact) mass is 281 g/mol. The molecule has 0 radical (unpaired) electrons. The lowest BCUT2D eigenvalue weighted by Crippen LogP contribution is -2.09. The zero-order valence-electron chi connectivity index (χ0n) is 11.4. The molecule has 0 aliphatic rings. The number of nitrogens with zero attached hydrogens (tertiary/aromatic N) is 1. The lowest BCUT2D eigenvalue weighted by molar-refractivity contribution is 0.0686. The average molecular weight is 281 g/mol. The Morgan fingerprint density at radius 1 is 1.00 bits per heavy atom. The maximum atomic E-state index is 11.4. The molecule has 0 saturated heterocycles. The summed E-state index contributed by atoms with van der Waals surface area (Å²) in [5.41, 5.74) is 3.02. The molecule has 0 saturated carbocycles. The number of fused-ring (bicyclic) bond motifs is 1. The Hall–Kier alpha value is -2.59. The highest BCUT2D eigenvalue weighted by Gasteiger charge is 2.14. The zero-order valence-corrected chi connectivity index (χ0v) is 11.4. The quantitative estimate of drug-likeness (QED) is 0.773. The number of aliphatic hydroxyl groups excluding tert-OH is 1. The minimum Gasteiger partial charge on any atom is -0.477 e. The number of aromatic carboxylic acids is 1. The molecule has 21 heavy (non-hydrogen) atoms. The summed E-state index contributed by atoms with van der Waals surface area (Å²) < 4.78 is 1.80. The van der Waals surface area contributed by atoms with Gasteiger partial charge in [0.05, 0.1) is 6.61 Å². The molecular formula is C17H15NO3. The van der Waals surface area contributed by atoms with E-state index in [0.29, 0.717) is 6.54 Å². The zero-order chi connectivity index (χ0) is 14.8. The van der Waals surface area contributed by atoms with Gasteiger partial charge in [-0.05, 0) is 23.3 Å². The van der Waals surface area contributed by atoms with E-state index in [1.54, 1.807) is 10.6 Å². The molecule has 4 nitrogen and oxygen atoms in total. The maximum absolute atomic E-state index is 11.4. The summed E-state index contributed by atoms with van der Waals surface area (Å²) in [6.07, 6.45) is 0. The number of carboxylic acids is 1. The van der Waals surface area contributed by atoms with Gasteiger partial charge in [0, 0.05) is 17.4 Å². The highest BCUT2D eigenvalue weighted by atomic mass is 16.4. The van der Waals surface area contributed by atoms with Crippen LogP contribution in [0.2, 0.25) is 0 Å². The summed E-state index contributed by atoms with van der Waals surface area (Å²) in [7, 11) is 0. The number of carboxylic acid groups (broad SMARTS) is 1. The van der Waals surface area contributed by atoms with Crippen LogP contribution < -0.4 is 0 Å². The summed E-state index contributed by atoms with van der Waals surface area (Å²) in [6.45, 7) is 0.494. The first-order chi connectivity index (χ1) is 10.2. The van der Waals surface area contributed by atoms with Crippen LogP contribution in [0.1, 0.15) is 21.6 Å². The van der Waals surface area contributed by atoms with Gasteiger partial charge in [0.15, 0.2) is 0 Å². The Morgan fingerprint density at radius 2 is 1.67 bits per heavy atom. The van der Waals surface area contributed by atoms with Crippen LogP contribution in [-0.4, -0.2) is 20.7 Å². The molecule has 4 heteroatoms. The van der Waals surface area contributed by atoms with Crippen molar-refractivity contribution in [3.63, 3.8) is 0 Å². The van der Waals surface area contributed by atoms with Gasteiger partial charge in [0.25, 0.3) is 0 Å². The normalized spacial score (nSPS) is 10.9. The van der Waals surface area contributed by atoms with Crippen molar-refractivity contribution in [1.82, 2.24) is 4.57 Å². The van der Waals surface area contributed by atoms with Crippen LogP contribution in [0, 0.1) is 0 Å². The first-order valence-corrected chi connectivity index (χ1v) is 6.69. The van der Waals surface area contributed by atoms with Crippen LogP contribution >= 0.6 is 0 Å². The molecular weight excluding hydrogens is 266 g/mol.